The van der Waals surface area contributed by atoms with Gasteiger partial charge in [0.05, 0.1) is 17.5 Å². The molecule has 3 nitrogen and oxygen atoms in total. The van der Waals surface area contributed by atoms with Gasteiger partial charge in [0.2, 0.25) is 0 Å². The minimum absolute atomic E-state index is 0.143. The minimum Gasteiger partial charge on any atom is -0.489 e. The number of ether oxygens (including phenoxy) is 1. The molecule has 1 aliphatic heterocycles. The van der Waals surface area contributed by atoms with E-state index in [1.165, 1.54) is 6.42 Å². The molecule has 0 bridgehead atoms. The molecule has 20 heavy (non-hydrogen) atoms. The van der Waals surface area contributed by atoms with Crippen LogP contribution in [0.15, 0.2) is 18.2 Å². The van der Waals surface area contributed by atoms with E-state index in [0.717, 1.165) is 23.7 Å². The molecule has 0 radical (unpaired) electrons. The molecule has 3 heteroatoms. The van der Waals surface area contributed by atoms with Crippen LogP contribution in [0.25, 0.3) is 0 Å². The second-order valence-corrected chi connectivity index (χ2v) is 6.57. The molecule has 3 unspecified atom stereocenters. The SMILES string of the molecule is CC1CC(C)C(C)N(c2cccc(OC(C)C)c2N)C1. The van der Waals surface area contributed by atoms with E-state index >= 15 is 0 Å². The zero-order chi connectivity index (χ0) is 14.9. The van der Waals surface area contributed by atoms with Gasteiger partial charge < -0.3 is 15.4 Å². The summed E-state index contributed by atoms with van der Waals surface area (Å²) in [4.78, 5) is 2.45. The van der Waals surface area contributed by atoms with Crippen molar-refractivity contribution >= 4 is 11.4 Å². The molecule has 2 rings (SSSR count). The normalized spacial score (nSPS) is 26.9. The molecule has 3 atom stereocenters. The maximum Gasteiger partial charge on any atom is 0.144 e. The Labute approximate surface area is 123 Å². The van der Waals surface area contributed by atoms with Crippen molar-refractivity contribution in [2.75, 3.05) is 17.2 Å². The number of para-hydroxylation sites is 1. The van der Waals surface area contributed by atoms with Crippen LogP contribution in [-0.2, 0) is 0 Å². The molecular weight excluding hydrogens is 248 g/mol. The number of nitrogens with zero attached hydrogens (tertiary/aromatic N) is 1. The van der Waals surface area contributed by atoms with E-state index in [9.17, 15) is 0 Å². The lowest BCUT2D eigenvalue weighted by Gasteiger charge is -2.43. The number of hydrogen-bond acceptors (Lipinski definition) is 3. The van der Waals surface area contributed by atoms with Crippen LogP contribution in [0.2, 0.25) is 0 Å². The lowest BCUT2D eigenvalue weighted by Crippen LogP contribution is -2.46. The van der Waals surface area contributed by atoms with E-state index in [-0.39, 0.29) is 6.10 Å². The van der Waals surface area contributed by atoms with Crippen LogP contribution < -0.4 is 15.4 Å². The van der Waals surface area contributed by atoms with Gasteiger partial charge in [0.25, 0.3) is 0 Å². The van der Waals surface area contributed by atoms with Crippen LogP contribution in [-0.4, -0.2) is 18.7 Å². The van der Waals surface area contributed by atoms with Gasteiger partial charge in [-0.05, 0) is 51.2 Å². The number of nitrogen functional groups attached to an aromatic ring is 1. The number of hydrogen-bond donors (Lipinski definition) is 1. The highest BCUT2D eigenvalue weighted by atomic mass is 16.5. The van der Waals surface area contributed by atoms with E-state index in [4.69, 9.17) is 10.5 Å². The second kappa shape index (κ2) is 5.94. The Balaban J connectivity index is 2.31. The molecular formula is C17H28N2O. The third kappa shape index (κ3) is 3.02. The van der Waals surface area contributed by atoms with Gasteiger partial charge in [-0.2, -0.15) is 0 Å². The van der Waals surface area contributed by atoms with Gasteiger partial charge in [0.1, 0.15) is 5.75 Å². The highest BCUT2D eigenvalue weighted by molar-refractivity contribution is 5.74. The van der Waals surface area contributed by atoms with Crippen LogP contribution in [0.3, 0.4) is 0 Å². The number of anilines is 2. The van der Waals surface area contributed by atoms with Gasteiger partial charge in [-0.3, -0.25) is 0 Å². The summed E-state index contributed by atoms with van der Waals surface area (Å²) in [6.07, 6.45) is 1.43. The standard InChI is InChI=1S/C17H28N2O/c1-11(2)20-16-8-6-7-15(17(16)18)19-10-12(3)9-13(4)14(19)5/h6-8,11-14H,9-10,18H2,1-5H3. The molecule has 0 aliphatic carbocycles. The summed E-state index contributed by atoms with van der Waals surface area (Å²) in [5.41, 5.74) is 8.24. The highest BCUT2D eigenvalue weighted by Crippen LogP contribution is 2.38. The van der Waals surface area contributed by atoms with Crippen molar-refractivity contribution in [3.05, 3.63) is 18.2 Å². The van der Waals surface area contributed by atoms with Crippen molar-refractivity contribution in [1.29, 1.82) is 0 Å². The van der Waals surface area contributed by atoms with Crippen LogP contribution in [0.5, 0.6) is 5.75 Å². The smallest absolute Gasteiger partial charge is 0.144 e. The van der Waals surface area contributed by atoms with E-state index in [0.29, 0.717) is 17.9 Å². The first-order valence-corrected chi connectivity index (χ1v) is 7.72. The first kappa shape index (κ1) is 15.0. The molecule has 2 N–H and O–H groups in total. The largest absolute Gasteiger partial charge is 0.489 e. The van der Waals surface area contributed by atoms with Crippen molar-refractivity contribution in [2.45, 2.75) is 53.2 Å². The van der Waals surface area contributed by atoms with Gasteiger partial charge in [-0.1, -0.05) is 19.9 Å². The fraction of sp³-hybridized carbons (Fsp3) is 0.647. The summed E-state index contributed by atoms with van der Waals surface area (Å²) in [5.74, 6) is 2.19. The Hall–Kier alpha value is -1.38. The maximum atomic E-state index is 6.35. The van der Waals surface area contributed by atoms with Gasteiger partial charge in [0, 0.05) is 12.6 Å². The first-order valence-electron chi connectivity index (χ1n) is 7.72. The lowest BCUT2D eigenvalue weighted by atomic mass is 9.85. The Morgan fingerprint density at radius 1 is 1.25 bits per heavy atom. The predicted molar refractivity (Wildman–Crippen MR) is 86.4 cm³/mol. The molecule has 1 aliphatic rings. The number of nitrogens with two attached hydrogens (primary N) is 1. The van der Waals surface area contributed by atoms with E-state index in [2.05, 4.69) is 31.7 Å². The predicted octanol–water partition coefficient (Wildman–Crippen LogP) is 3.93. The molecule has 1 aromatic carbocycles. The van der Waals surface area contributed by atoms with Crippen molar-refractivity contribution in [3.63, 3.8) is 0 Å². The summed E-state index contributed by atoms with van der Waals surface area (Å²) in [5, 5.41) is 0. The summed E-state index contributed by atoms with van der Waals surface area (Å²) < 4.78 is 5.81. The number of benzene rings is 1. The molecule has 1 heterocycles. The molecule has 0 amide bonds. The molecule has 0 spiro atoms. The number of rotatable bonds is 3. The van der Waals surface area contributed by atoms with E-state index in [1.54, 1.807) is 0 Å². The highest BCUT2D eigenvalue weighted by Gasteiger charge is 2.30. The van der Waals surface area contributed by atoms with Gasteiger partial charge in [0.15, 0.2) is 0 Å². The van der Waals surface area contributed by atoms with Gasteiger partial charge in [-0.15, -0.1) is 0 Å². The molecule has 1 fully saturated rings. The summed E-state index contributed by atoms with van der Waals surface area (Å²) in [7, 11) is 0. The maximum absolute atomic E-state index is 6.35. The van der Waals surface area contributed by atoms with Gasteiger partial charge in [-0.25, -0.2) is 0 Å². The zero-order valence-electron chi connectivity index (χ0n) is 13.4. The van der Waals surface area contributed by atoms with Crippen molar-refractivity contribution in [2.24, 2.45) is 11.8 Å². The fourth-order valence-electron chi connectivity index (χ4n) is 3.17. The van der Waals surface area contributed by atoms with E-state index in [1.807, 2.05) is 26.0 Å². The summed E-state index contributed by atoms with van der Waals surface area (Å²) in [6, 6.07) is 6.63. The summed E-state index contributed by atoms with van der Waals surface area (Å²) in [6.45, 7) is 12.1. The third-order valence-electron chi connectivity index (χ3n) is 4.31. The van der Waals surface area contributed by atoms with Crippen molar-refractivity contribution in [3.8, 4) is 5.75 Å². The second-order valence-electron chi connectivity index (χ2n) is 6.57. The quantitative estimate of drug-likeness (QED) is 0.850. The molecule has 0 saturated carbocycles. The zero-order valence-corrected chi connectivity index (χ0v) is 13.4. The van der Waals surface area contributed by atoms with E-state index < -0.39 is 0 Å². The van der Waals surface area contributed by atoms with Crippen molar-refractivity contribution in [1.82, 2.24) is 0 Å². The fourth-order valence-corrected chi connectivity index (χ4v) is 3.17. The molecule has 112 valence electrons. The third-order valence-corrected chi connectivity index (χ3v) is 4.31. The first-order chi connectivity index (χ1) is 9.40. The lowest BCUT2D eigenvalue weighted by molar-refractivity contribution is 0.243. The average Bonchev–Trinajstić information content (AvgIpc) is 2.36. The van der Waals surface area contributed by atoms with Crippen LogP contribution >= 0.6 is 0 Å². The minimum atomic E-state index is 0.143. The Kier molecular flexibility index (Phi) is 4.46. The molecule has 0 aromatic heterocycles. The average molecular weight is 276 g/mol. The Morgan fingerprint density at radius 2 is 1.95 bits per heavy atom. The Morgan fingerprint density at radius 3 is 2.60 bits per heavy atom. The van der Waals surface area contributed by atoms with Gasteiger partial charge >= 0.3 is 0 Å². The topological polar surface area (TPSA) is 38.5 Å². The van der Waals surface area contributed by atoms with Crippen molar-refractivity contribution < 1.29 is 4.74 Å². The Bertz CT molecular complexity index is 458. The number of piperidine rings is 1. The van der Waals surface area contributed by atoms with Crippen LogP contribution in [0.1, 0.15) is 41.0 Å². The van der Waals surface area contributed by atoms with Crippen LogP contribution in [0.4, 0.5) is 11.4 Å². The monoisotopic (exact) mass is 276 g/mol. The molecule has 1 saturated heterocycles. The molecule has 1 aromatic rings. The summed E-state index contributed by atoms with van der Waals surface area (Å²) >= 11 is 0. The van der Waals surface area contributed by atoms with Crippen LogP contribution in [0, 0.1) is 11.8 Å².